The van der Waals surface area contributed by atoms with Crippen molar-refractivity contribution in [3.8, 4) is 5.75 Å². The van der Waals surface area contributed by atoms with Crippen molar-refractivity contribution in [3.05, 3.63) is 59.9 Å². The van der Waals surface area contributed by atoms with Gasteiger partial charge < -0.3 is 9.64 Å². The fraction of sp³-hybridized carbons (Fsp3) is 0.500. The molecule has 2 aromatic rings. The largest absolute Gasteiger partial charge is 0.493 e. The van der Waals surface area contributed by atoms with E-state index in [-0.39, 0.29) is 0 Å². The van der Waals surface area contributed by atoms with E-state index in [2.05, 4.69) is 45.1 Å². The summed E-state index contributed by atoms with van der Waals surface area (Å²) in [6.45, 7) is 7.77. The van der Waals surface area contributed by atoms with Crippen LogP contribution in [-0.2, 0) is 13.0 Å². The van der Waals surface area contributed by atoms with E-state index in [1.54, 1.807) is 0 Å². The Hall–Kier alpha value is -1.91. The molecule has 2 aliphatic heterocycles. The maximum Gasteiger partial charge on any atom is 0.122 e. The molecule has 4 nitrogen and oxygen atoms in total. The molecule has 0 spiro atoms. The molecule has 26 heavy (non-hydrogen) atoms. The Morgan fingerprint density at radius 2 is 1.88 bits per heavy atom. The van der Waals surface area contributed by atoms with E-state index in [9.17, 15) is 0 Å². The zero-order valence-corrected chi connectivity index (χ0v) is 15.5. The lowest BCUT2D eigenvalue weighted by molar-refractivity contribution is 0.208. The highest BCUT2D eigenvalue weighted by atomic mass is 16.5. The first-order chi connectivity index (χ1) is 12.9. The number of benzene rings is 1. The number of para-hydroxylation sites is 1. The Labute approximate surface area is 156 Å². The first-order valence-electron chi connectivity index (χ1n) is 9.91. The predicted molar refractivity (Wildman–Crippen MR) is 104 cm³/mol. The SMILES string of the molecule is c1cncc(CN2CCCN(CC3CCOc4ccccc4C3)CC2)c1. The highest BCUT2D eigenvalue weighted by Gasteiger charge is 2.22. The summed E-state index contributed by atoms with van der Waals surface area (Å²) in [6.07, 6.45) is 7.39. The van der Waals surface area contributed by atoms with Gasteiger partial charge in [-0.3, -0.25) is 9.88 Å². The van der Waals surface area contributed by atoms with E-state index in [0.717, 1.165) is 38.3 Å². The molecule has 4 heteroatoms. The van der Waals surface area contributed by atoms with Gasteiger partial charge in [-0.15, -0.1) is 0 Å². The second kappa shape index (κ2) is 8.65. The van der Waals surface area contributed by atoms with E-state index in [1.807, 2.05) is 18.5 Å². The molecule has 1 atom stereocenters. The van der Waals surface area contributed by atoms with E-state index >= 15 is 0 Å². The van der Waals surface area contributed by atoms with Gasteiger partial charge in [0.05, 0.1) is 6.61 Å². The zero-order valence-electron chi connectivity index (χ0n) is 15.5. The second-order valence-electron chi connectivity index (χ2n) is 7.61. The second-order valence-corrected chi connectivity index (χ2v) is 7.61. The van der Waals surface area contributed by atoms with Crippen LogP contribution in [0.4, 0.5) is 0 Å². The van der Waals surface area contributed by atoms with Gasteiger partial charge in [-0.05, 0) is 61.5 Å². The van der Waals surface area contributed by atoms with Crippen molar-refractivity contribution in [2.75, 3.05) is 39.3 Å². The van der Waals surface area contributed by atoms with Crippen molar-refractivity contribution in [2.24, 2.45) is 5.92 Å². The van der Waals surface area contributed by atoms with Crippen LogP contribution in [0, 0.1) is 5.92 Å². The molecular weight excluding hydrogens is 322 g/mol. The summed E-state index contributed by atoms with van der Waals surface area (Å²) in [5, 5.41) is 0. The average molecular weight is 351 g/mol. The van der Waals surface area contributed by atoms with Crippen LogP contribution in [0.25, 0.3) is 0 Å². The molecule has 138 valence electrons. The van der Waals surface area contributed by atoms with Crippen LogP contribution in [-0.4, -0.2) is 54.1 Å². The number of ether oxygens (including phenoxy) is 1. The van der Waals surface area contributed by atoms with Crippen LogP contribution < -0.4 is 4.74 Å². The van der Waals surface area contributed by atoms with Gasteiger partial charge in [-0.25, -0.2) is 0 Å². The molecule has 1 aromatic heterocycles. The Morgan fingerprint density at radius 3 is 2.81 bits per heavy atom. The lowest BCUT2D eigenvalue weighted by atomic mass is 9.96. The quantitative estimate of drug-likeness (QED) is 0.846. The van der Waals surface area contributed by atoms with E-state index < -0.39 is 0 Å². The fourth-order valence-corrected chi connectivity index (χ4v) is 4.20. The van der Waals surface area contributed by atoms with Gasteiger partial charge in [0.15, 0.2) is 0 Å². The molecule has 1 aromatic carbocycles. The highest BCUT2D eigenvalue weighted by Crippen LogP contribution is 2.27. The molecule has 0 aliphatic carbocycles. The summed E-state index contributed by atoms with van der Waals surface area (Å²) < 4.78 is 5.94. The summed E-state index contributed by atoms with van der Waals surface area (Å²) in [5.74, 6) is 1.79. The average Bonchev–Trinajstić information content (AvgIpc) is 3.01. The Bertz CT molecular complexity index is 691. The van der Waals surface area contributed by atoms with Gasteiger partial charge in [0.2, 0.25) is 0 Å². The third-order valence-corrected chi connectivity index (χ3v) is 5.59. The molecule has 0 bridgehead atoms. The van der Waals surface area contributed by atoms with Gasteiger partial charge in [-0.2, -0.15) is 0 Å². The first kappa shape index (κ1) is 17.5. The fourth-order valence-electron chi connectivity index (χ4n) is 4.20. The minimum absolute atomic E-state index is 0.698. The molecule has 1 saturated heterocycles. The van der Waals surface area contributed by atoms with Gasteiger partial charge >= 0.3 is 0 Å². The zero-order chi connectivity index (χ0) is 17.6. The summed E-state index contributed by atoms with van der Waals surface area (Å²) >= 11 is 0. The maximum atomic E-state index is 5.94. The summed E-state index contributed by atoms with van der Waals surface area (Å²) in [7, 11) is 0. The third-order valence-electron chi connectivity index (χ3n) is 5.59. The smallest absolute Gasteiger partial charge is 0.122 e. The van der Waals surface area contributed by atoms with Crippen LogP contribution in [0.15, 0.2) is 48.8 Å². The predicted octanol–water partition coefficient (Wildman–Crippen LogP) is 3.23. The molecule has 1 fully saturated rings. The Balaban J connectivity index is 1.30. The van der Waals surface area contributed by atoms with E-state index in [1.165, 1.54) is 43.7 Å². The molecule has 0 N–H and O–H groups in total. The van der Waals surface area contributed by atoms with Gasteiger partial charge in [0.25, 0.3) is 0 Å². The number of hydrogen-bond acceptors (Lipinski definition) is 4. The molecule has 2 aliphatic rings. The Kier molecular flexibility index (Phi) is 5.82. The number of aromatic nitrogens is 1. The molecule has 0 radical (unpaired) electrons. The molecule has 1 unspecified atom stereocenters. The normalized spacial score (nSPS) is 22.1. The molecule has 0 saturated carbocycles. The van der Waals surface area contributed by atoms with Crippen LogP contribution >= 0.6 is 0 Å². The van der Waals surface area contributed by atoms with Gasteiger partial charge in [0.1, 0.15) is 5.75 Å². The molecule has 3 heterocycles. The van der Waals surface area contributed by atoms with Crippen molar-refractivity contribution >= 4 is 0 Å². The van der Waals surface area contributed by atoms with Crippen molar-refractivity contribution in [2.45, 2.75) is 25.8 Å². The number of rotatable bonds is 4. The Morgan fingerprint density at radius 1 is 1.00 bits per heavy atom. The first-order valence-corrected chi connectivity index (χ1v) is 9.91. The summed E-state index contributed by atoms with van der Waals surface area (Å²) in [5.41, 5.74) is 2.70. The number of nitrogens with zero attached hydrogens (tertiary/aromatic N) is 3. The number of hydrogen-bond donors (Lipinski definition) is 0. The summed E-state index contributed by atoms with van der Waals surface area (Å²) in [4.78, 5) is 9.48. The van der Waals surface area contributed by atoms with Gasteiger partial charge in [0, 0.05) is 38.6 Å². The minimum Gasteiger partial charge on any atom is -0.493 e. The molecular formula is C22H29N3O. The van der Waals surface area contributed by atoms with Crippen molar-refractivity contribution in [3.63, 3.8) is 0 Å². The highest BCUT2D eigenvalue weighted by molar-refractivity contribution is 5.34. The summed E-state index contributed by atoms with van der Waals surface area (Å²) in [6, 6.07) is 12.8. The van der Waals surface area contributed by atoms with Crippen molar-refractivity contribution < 1.29 is 4.74 Å². The van der Waals surface area contributed by atoms with Crippen molar-refractivity contribution in [1.29, 1.82) is 0 Å². The van der Waals surface area contributed by atoms with E-state index in [4.69, 9.17) is 4.74 Å². The number of pyridine rings is 1. The topological polar surface area (TPSA) is 28.6 Å². The lowest BCUT2D eigenvalue weighted by Gasteiger charge is -2.25. The van der Waals surface area contributed by atoms with Crippen LogP contribution in [0.2, 0.25) is 0 Å². The minimum atomic E-state index is 0.698. The van der Waals surface area contributed by atoms with Gasteiger partial charge in [-0.1, -0.05) is 24.3 Å². The monoisotopic (exact) mass is 351 g/mol. The number of fused-ring (bicyclic) bond motifs is 1. The van der Waals surface area contributed by atoms with Crippen LogP contribution in [0.1, 0.15) is 24.0 Å². The lowest BCUT2D eigenvalue weighted by Crippen LogP contribution is -2.34. The maximum absolute atomic E-state index is 5.94. The standard InChI is InChI=1S/C22H29N3O/c1-2-7-22-21(6-1)15-19(8-14-26-22)17-24-10-4-11-25(13-12-24)18-20-5-3-9-23-16-20/h1-3,5-7,9,16,19H,4,8,10-15,17-18H2. The third kappa shape index (κ3) is 4.63. The van der Waals surface area contributed by atoms with Crippen LogP contribution in [0.5, 0.6) is 5.75 Å². The van der Waals surface area contributed by atoms with E-state index in [0.29, 0.717) is 5.92 Å². The molecule has 0 amide bonds. The molecule has 4 rings (SSSR count). The van der Waals surface area contributed by atoms with Crippen molar-refractivity contribution in [1.82, 2.24) is 14.8 Å². The van der Waals surface area contributed by atoms with Crippen LogP contribution in [0.3, 0.4) is 0 Å².